The van der Waals surface area contributed by atoms with Crippen molar-refractivity contribution in [2.24, 2.45) is 0 Å². The van der Waals surface area contributed by atoms with E-state index in [1.54, 1.807) is 7.11 Å². The van der Waals surface area contributed by atoms with Gasteiger partial charge in [-0.3, -0.25) is 0 Å². The van der Waals surface area contributed by atoms with Crippen LogP contribution >= 0.6 is 15.9 Å². The van der Waals surface area contributed by atoms with Crippen LogP contribution in [0.25, 0.3) is 0 Å². The molecule has 3 heteroatoms. The Labute approximate surface area is 68.4 Å². The number of pyridine rings is 1. The van der Waals surface area contributed by atoms with Crippen LogP contribution in [0.2, 0.25) is 0 Å². The Kier molecular flexibility index (Phi) is 2.27. The lowest BCUT2D eigenvalue weighted by atomic mass is 10.3. The molecule has 2 nitrogen and oxygen atoms in total. The second-order valence-electron chi connectivity index (χ2n) is 1.92. The SMILES string of the molecule is COc1ccc(Br)nc1C. The molecule has 0 saturated carbocycles. The van der Waals surface area contributed by atoms with Crippen molar-refractivity contribution in [3.05, 3.63) is 22.4 Å². The molecule has 0 aliphatic rings. The van der Waals surface area contributed by atoms with E-state index in [4.69, 9.17) is 4.74 Å². The summed E-state index contributed by atoms with van der Waals surface area (Å²) in [7, 11) is 1.64. The molecule has 0 amide bonds. The number of hydrogen-bond donors (Lipinski definition) is 0. The second-order valence-corrected chi connectivity index (χ2v) is 2.73. The van der Waals surface area contributed by atoms with Crippen molar-refractivity contribution in [1.29, 1.82) is 0 Å². The van der Waals surface area contributed by atoms with Crippen LogP contribution in [0, 0.1) is 6.92 Å². The number of nitrogens with zero attached hydrogens (tertiary/aromatic N) is 1. The summed E-state index contributed by atoms with van der Waals surface area (Å²) in [5.74, 6) is 0.822. The third kappa shape index (κ3) is 1.48. The third-order valence-corrected chi connectivity index (χ3v) is 1.66. The zero-order valence-electron chi connectivity index (χ0n) is 5.89. The predicted molar refractivity (Wildman–Crippen MR) is 43.2 cm³/mol. The molecule has 0 atom stereocenters. The van der Waals surface area contributed by atoms with E-state index in [1.807, 2.05) is 19.1 Å². The van der Waals surface area contributed by atoms with Crippen molar-refractivity contribution < 1.29 is 4.74 Å². The van der Waals surface area contributed by atoms with Gasteiger partial charge in [-0.05, 0) is 35.0 Å². The van der Waals surface area contributed by atoms with Crippen LogP contribution in [0.1, 0.15) is 5.69 Å². The van der Waals surface area contributed by atoms with E-state index < -0.39 is 0 Å². The fourth-order valence-electron chi connectivity index (χ4n) is 0.733. The minimum absolute atomic E-state index is 0.822. The highest BCUT2D eigenvalue weighted by molar-refractivity contribution is 9.10. The van der Waals surface area contributed by atoms with Crippen LogP contribution in [0.15, 0.2) is 16.7 Å². The number of ether oxygens (including phenoxy) is 1. The molecule has 0 bridgehead atoms. The topological polar surface area (TPSA) is 22.1 Å². The summed E-state index contributed by atoms with van der Waals surface area (Å²) in [5, 5.41) is 0. The average molecular weight is 202 g/mol. The van der Waals surface area contributed by atoms with E-state index in [1.165, 1.54) is 0 Å². The Bertz CT molecular complexity index is 237. The number of aryl methyl sites for hydroxylation is 1. The lowest BCUT2D eigenvalue weighted by Gasteiger charge is -2.01. The van der Waals surface area contributed by atoms with Gasteiger partial charge < -0.3 is 4.74 Å². The van der Waals surface area contributed by atoms with E-state index in [9.17, 15) is 0 Å². The van der Waals surface area contributed by atoms with E-state index in [0.29, 0.717) is 0 Å². The fourth-order valence-corrected chi connectivity index (χ4v) is 1.13. The molecule has 10 heavy (non-hydrogen) atoms. The highest BCUT2D eigenvalue weighted by Crippen LogP contribution is 2.17. The molecule has 1 rings (SSSR count). The minimum Gasteiger partial charge on any atom is -0.495 e. The predicted octanol–water partition coefficient (Wildman–Crippen LogP) is 2.16. The standard InChI is InChI=1S/C7H8BrNO/c1-5-6(10-2)3-4-7(8)9-5/h3-4H,1-2H3. The van der Waals surface area contributed by atoms with Crippen molar-refractivity contribution >= 4 is 15.9 Å². The first-order valence-corrected chi connectivity index (χ1v) is 3.70. The molecule has 54 valence electrons. The Balaban J connectivity index is 3.07. The zero-order valence-corrected chi connectivity index (χ0v) is 7.47. The van der Waals surface area contributed by atoms with Gasteiger partial charge in [-0.1, -0.05) is 0 Å². The van der Waals surface area contributed by atoms with Crippen molar-refractivity contribution in [3.63, 3.8) is 0 Å². The van der Waals surface area contributed by atoms with E-state index in [0.717, 1.165) is 16.0 Å². The summed E-state index contributed by atoms with van der Waals surface area (Å²) in [5.41, 5.74) is 0.900. The van der Waals surface area contributed by atoms with E-state index in [2.05, 4.69) is 20.9 Å². The first kappa shape index (κ1) is 7.54. The van der Waals surface area contributed by atoms with Gasteiger partial charge in [0.15, 0.2) is 0 Å². The van der Waals surface area contributed by atoms with Gasteiger partial charge in [0.2, 0.25) is 0 Å². The molecule has 0 N–H and O–H groups in total. The number of aromatic nitrogens is 1. The van der Waals surface area contributed by atoms with Crippen molar-refractivity contribution in [2.75, 3.05) is 7.11 Å². The van der Waals surface area contributed by atoms with Gasteiger partial charge in [-0.2, -0.15) is 0 Å². The highest BCUT2D eigenvalue weighted by Gasteiger charge is 1.97. The molecule has 0 saturated heterocycles. The van der Waals surface area contributed by atoms with Crippen molar-refractivity contribution in [2.45, 2.75) is 6.92 Å². The molecule has 1 heterocycles. The average Bonchev–Trinajstić information content (AvgIpc) is 1.88. The van der Waals surface area contributed by atoms with Crippen LogP contribution in [0.5, 0.6) is 5.75 Å². The van der Waals surface area contributed by atoms with E-state index >= 15 is 0 Å². The molecule has 0 aliphatic heterocycles. The maximum Gasteiger partial charge on any atom is 0.140 e. The maximum absolute atomic E-state index is 5.02. The Morgan fingerprint density at radius 1 is 1.50 bits per heavy atom. The number of halogens is 1. The van der Waals surface area contributed by atoms with Crippen LogP contribution in [-0.4, -0.2) is 12.1 Å². The van der Waals surface area contributed by atoms with Gasteiger partial charge in [0.1, 0.15) is 10.4 Å². The van der Waals surface area contributed by atoms with Gasteiger partial charge >= 0.3 is 0 Å². The molecule has 0 aliphatic carbocycles. The smallest absolute Gasteiger partial charge is 0.140 e. The summed E-state index contributed by atoms with van der Waals surface area (Å²) < 4.78 is 5.86. The summed E-state index contributed by atoms with van der Waals surface area (Å²) >= 11 is 3.26. The Morgan fingerprint density at radius 3 is 2.70 bits per heavy atom. The van der Waals surface area contributed by atoms with Crippen molar-refractivity contribution in [3.8, 4) is 5.75 Å². The third-order valence-electron chi connectivity index (χ3n) is 1.22. The number of hydrogen-bond acceptors (Lipinski definition) is 2. The van der Waals surface area contributed by atoms with Crippen LogP contribution < -0.4 is 4.74 Å². The summed E-state index contributed by atoms with van der Waals surface area (Å²) in [6, 6.07) is 3.73. The van der Waals surface area contributed by atoms with Crippen LogP contribution in [0.4, 0.5) is 0 Å². The quantitative estimate of drug-likeness (QED) is 0.651. The van der Waals surface area contributed by atoms with Crippen LogP contribution in [0.3, 0.4) is 0 Å². The van der Waals surface area contributed by atoms with E-state index in [-0.39, 0.29) is 0 Å². The van der Waals surface area contributed by atoms with Gasteiger partial charge in [0.25, 0.3) is 0 Å². The summed E-state index contributed by atoms with van der Waals surface area (Å²) in [4.78, 5) is 4.14. The first-order chi connectivity index (χ1) is 4.74. The normalized spacial score (nSPS) is 9.50. The van der Waals surface area contributed by atoms with Gasteiger partial charge in [0.05, 0.1) is 12.8 Å². The maximum atomic E-state index is 5.02. The number of rotatable bonds is 1. The fraction of sp³-hybridized carbons (Fsp3) is 0.286. The minimum atomic E-state index is 0.822. The molecule has 0 unspecified atom stereocenters. The molecule has 0 aromatic carbocycles. The van der Waals surface area contributed by atoms with Gasteiger partial charge in [-0.25, -0.2) is 4.98 Å². The number of methoxy groups -OCH3 is 1. The monoisotopic (exact) mass is 201 g/mol. The van der Waals surface area contributed by atoms with Gasteiger partial charge in [0, 0.05) is 0 Å². The molecular weight excluding hydrogens is 194 g/mol. The summed E-state index contributed by atoms with van der Waals surface area (Å²) in [6.45, 7) is 1.91. The van der Waals surface area contributed by atoms with Gasteiger partial charge in [-0.15, -0.1) is 0 Å². The first-order valence-electron chi connectivity index (χ1n) is 2.91. The Hall–Kier alpha value is -0.570. The lowest BCUT2D eigenvalue weighted by molar-refractivity contribution is 0.409. The summed E-state index contributed by atoms with van der Waals surface area (Å²) in [6.07, 6.45) is 0. The van der Waals surface area contributed by atoms with Crippen LogP contribution in [-0.2, 0) is 0 Å². The molecular formula is C7H8BrNO. The largest absolute Gasteiger partial charge is 0.495 e. The lowest BCUT2D eigenvalue weighted by Crippen LogP contribution is -1.89. The van der Waals surface area contributed by atoms with Crippen molar-refractivity contribution in [1.82, 2.24) is 4.98 Å². The molecule has 1 aromatic rings. The molecule has 0 spiro atoms. The molecule has 1 aromatic heterocycles. The second kappa shape index (κ2) is 3.01. The molecule has 0 radical (unpaired) electrons. The molecule has 0 fully saturated rings. The highest BCUT2D eigenvalue weighted by atomic mass is 79.9. The Morgan fingerprint density at radius 2 is 2.20 bits per heavy atom. The zero-order chi connectivity index (χ0) is 7.56.